The summed E-state index contributed by atoms with van der Waals surface area (Å²) in [7, 11) is 0. The lowest BCUT2D eigenvalue weighted by atomic mass is 10.1. The maximum atomic E-state index is 12.0. The molecule has 2 atom stereocenters. The molecule has 2 heterocycles. The predicted octanol–water partition coefficient (Wildman–Crippen LogP) is 0.816. The van der Waals surface area contributed by atoms with Gasteiger partial charge in [0.05, 0.1) is 24.5 Å². The molecule has 1 aromatic heterocycles. The van der Waals surface area contributed by atoms with E-state index >= 15 is 0 Å². The molecule has 98 valence electrons. The predicted molar refractivity (Wildman–Crippen MR) is 67.5 cm³/mol. The Morgan fingerprint density at radius 1 is 1.56 bits per heavy atom. The van der Waals surface area contributed by atoms with Crippen molar-refractivity contribution in [3.05, 3.63) is 18.1 Å². The Morgan fingerprint density at radius 3 is 3.06 bits per heavy atom. The average molecular weight is 250 g/mol. The smallest absolute Gasteiger partial charge is 0.271 e. The summed E-state index contributed by atoms with van der Waals surface area (Å²) in [5.74, 6) is 0.408. The minimum Gasteiger partial charge on any atom is -0.376 e. The number of amides is 1. The third-order valence-corrected chi connectivity index (χ3v) is 2.92. The van der Waals surface area contributed by atoms with Gasteiger partial charge in [-0.1, -0.05) is 0 Å². The highest BCUT2D eigenvalue weighted by Gasteiger charge is 2.26. The van der Waals surface area contributed by atoms with E-state index in [0.717, 1.165) is 13.0 Å². The van der Waals surface area contributed by atoms with Crippen molar-refractivity contribution in [3.8, 4) is 0 Å². The van der Waals surface area contributed by atoms with Crippen molar-refractivity contribution in [3.63, 3.8) is 0 Å². The molecule has 1 aromatic rings. The second-order valence-corrected chi connectivity index (χ2v) is 4.26. The fraction of sp³-hybridized carbons (Fsp3) is 0.583. The Bertz CT molecular complexity index is 424. The quantitative estimate of drug-likeness (QED) is 0.827. The van der Waals surface area contributed by atoms with E-state index < -0.39 is 0 Å². The van der Waals surface area contributed by atoms with E-state index in [1.165, 1.54) is 6.20 Å². The summed E-state index contributed by atoms with van der Waals surface area (Å²) in [6.45, 7) is 5.35. The van der Waals surface area contributed by atoms with Crippen molar-refractivity contribution in [1.82, 2.24) is 15.3 Å². The lowest BCUT2D eigenvalue weighted by Crippen LogP contribution is -2.39. The van der Waals surface area contributed by atoms with Crippen LogP contribution in [-0.4, -0.2) is 41.2 Å². The molecule has 2 N–H and O–H groups in total. The first-order chi connectivity index (χ1) is 8.70. The number of nitrogens with zero attached hydrogens (tertiary/aromatic N) is 2. The van der Waals surface area contributed by atoms with Gasteiger partial charge in [-0.15, -0.1) is 0 Å². The lowest BCUT2D eigenvalue weighted by Gasteiger charge is -2.15. The summed E-state index contributed by atoms with van der Waals surface area (Å²) in [6.07, 6.45) is 3.96. The summed E-state index contributed by atoms with van der Waals surface area (Å²) < 4.78 is 5.40. The van der Waals surface area contributed by atoms with Gasteiger partial charge in [0, 0.05) is 13.2 Å². The standard InChI is InChI=1S/C12H18N4O2/c1-3-14-11-7-13-6-10(15-11)12(17)16-9-4-5-18-8(9)2/h6-9H,3-5H2,1-2H3,(H,14,15)(H,16,17). The van der Waals surface area contributed by atoms with E-state index in [2.05, 4.69) is 20.6 Å². The second kappa shape index (κ2) is 5.77. The third-order valence-electron chi connectivity index (χ3n) is 2.92. The normalized spacial score (nSPS) is 22.8. The van der Waals surface area contributed by atoms with E-state index in [1.54, 1.807) is 6.20 Å². The molecule has 1 fully saturated rings. The molecule has 1 saturated heterocycles. The number of carbonyl (C=O) groups excluding carboxylic acids is 1. The van der Waals surface area contributed by atoms with Crippen molar-refractivity contribution in [2.45, 2.75) is 32.4 Å². The van der Waals surface area contributed by atoms with Gasteiger partial charge in [-0.25, -0.2) is 4.98 Å². The van der Waals surface area contributed by atoms with Crippen LogP contribution in [0.2, 0.25) is 0 Å². The second-order valence-electron chi connectivity index (χ2n) is 4.26. The SMILES string of the molecule is CCNc1cncc(C(=O)NC2CCOC2C)n1. The van der Waals surface area contributed by atoms with Crippen LogP contribution in [-0.2, 0) is 4.74 Å². The molecule has 0 radical (unpaired) electrons. The highest BCUT2D eigenvalue weighted by Crippen LogP contribution is 2.13. The van der Waals surface area contributed by atoms with Gasteiger partial charge in [0.2, 0.25) is 0 Å². The van der Waals surface area contributed by atoms with Crippen molar-refractivity contribution >= 4 is 11.7 Å². The Kier molecular flexibility index (Phi) is 4.09. The highest BCUT2D eigenvalue weighted by molar-refractivity contribution is 5.92. The topological polar surface area (TPSA) is 76.1 Å². The first-order valence-corrected chi connectivity index (χ1v) is 6.19. The molecular formula is C12H18N4O2. The van der Waals surface area contributed by atoms with E-state index in [1.807, 2.05) is 13.8 Å². The number of hydrogen-bond donors (Lipinski definition) is 2. The van der Waals surface area contributed by atoms with Gasteiger partial charge in [0.1, 0.15) is 11.5 Å². The molecule has 0 aliphatic carbocycles. The van der Waals surface area contributed by atoms with Crippen LogP contribution >= 0.6 is 0 Å². The number of carbonyl (C=O) groups is 1. The zero-order chi connectivity index (χ0) is 13.0. The molecule has 1 aliphatic heterocycles. The molecule has 0 bridgehead atoms. The zero-order valence-corrected chi connectivity index (χ0v) is 10.6. The van der Waals surface area contributed by atoms with Crippen molar-refractivity contribution < 1.29 is 9.53 Å². The summed E-state index contributed by atoms with van der Waals surface area (Å²) in [5.41, 5.74) is 0.326. The Hall–Kier alpha value is -1.69. The molecule has 6 heteroatoms. The Morgan fingerprint density at radius 2 is 2.39 bits per heavy atom. The van der Waals surface area contributed by atoms with Gasteiger partial charge in [-0.05, 0) is 20.3 Å². The number of rotatable bonds is 4. The van der Waals surface area contributed by atoms with Crippen molar-refractivity contribution in [2.75, 3.05) is 18.5 Å². The largest absolute Gasteiger partial charge is 0.376 e. The van der Waals surface area contributed by atoms with Crippen LogP contribution in [0.1, 0.15) is 30.8 Å². The van der Waals surface area contributed by atoms with Gasteiger partial charge in [-0.3, -0.25) is 9.78 Å². The van der Waals surface area contributed by atoms with E-state index in [-0.39, 0.29) is 18.1 Å². The zero-order valence-electron chi connectivity index (χ0n) is 10.6. The van der Waals surface area contributed by atoms with Gasteiger partial charge >= 0.3 is 0 Å². The molecule has 1 aliphatic rings. The van der Waals surface area contributed by atoms with Gasteiger partial charge in [0.25, 0.3) is 5.91 Å². The molecule has 2 unspecified atom stereocenters. The van der Waals surface area contributed by atoms with Gasteiger partial charge in [0.15, 0.2) is 0 Å². The summed E-state index contributed by atoms with van der Waals surface area (Å²) >= 11 is 0. The number of ether oxygens (including phenoxy) is 1. The fourth-order valence-corrected chi connectivity index (χ4v) is 1.91. The summed E-state index contributed by atoms with van der Waals surface area (Å²) in [5, 5.41) is 5.95. The fourth-order valence-electron chi connectivity index (χ4n) is 1.91. The Labute approximate surface area is 106 Å². The van der Waals surface area contributed by atoms with Crippen molar-refractivity contribution in [2.24, 2.45) is 0 Å². The third kappa shape index (κ3) is 2.95. The first kappa shape index (κ1) is 12.8. The van der Waals surface area contributed by atoms with Crippen LogP contribution in [0.3, 0.4) is 0 Å². The van der Waals surface area contributed by atoms with Crippen molar-refractivity contribution in [1.29, 1.82) is 0 Å². The van der Waals surface area contributed by atoms with E-state index in [4.69, 9.17) is 4.74 Å². The van der Waals surface area contributed by atoms with Crippen LogP contribution < -0.4 is 10.6 Å². The maximum absolute atomic E-state index is 12.0. The molecule has 0 spiro atoms. The monoisotopic (exact) mass is 250 g/mol. The minimum absolute atomic E-state index is 0.0545. The van der Waals surface area contributed by atoms with E-state index in [0.29, 0.717) is 18.1 Å². The number of aromatic nitrogens is 2. The molecule has 6 nitrogen and oxygen atoms in total. The summed E-state index contributed by atoms with van der Waals surface area (Å²) in [4.78, 5) is 20.2. The molecular weight excluding hydrogens is 232 g/mol. The van der Waals surface area contributed by atoms with Crippen LogP contribution in [0.4, 0.5) is 5.82 Å². The van der Waals surface area contributed by atoms with Crippen LogP contribution in [0.15, 0.2) is 12.4 Å². The molecule has 2 rings (SSSR count). The molecule has 1 amide bonds. The van der Waals surface area contributed by atoms with Gasteiger partial charge in [-0.2, -0.15) is 0 Å². The van der Waals surface area contributed by atoms with E-state index in [9.17, 15) is 4.79 Å². The Balaban J connectivity index is 2.01. The molecule has 18 heavy (non-hydrogen) atoms. The van der Waals surface area contributed by atoms with Gasteiger partial charge < -0.3 is 15.4 Å². The maximum Gasteiger partial charge on any atom is 0.271 e. The number of nitrogens with one attached hydrogen (secondary N) is 2. The average Bonchev–Trinajstić information content (AvgIpc) is 2.76. The minimum atomic E-state index is -0.204. The highest BCUT2D eigenvalue weighted by atomic mass is 16.5. The lowest BCUT2D eigenvalue weighted by molar-refractivity contribution is 0.0861. The van der Waals surface area contributed by atoms with Crippen LogP contribution in [0, 0.1) is 0 Å². The molecule has 0 aromatic carbocycles. The van der Waals surface area contributed by atoms with Crippen LogP contribution in [0.25, 0.3) is 0 Å². The van der Waals surface area contributed by atoms with Crippen LogP contribution in [0.5, 0.6) is 0 Å². The number of anilines is 1. The summed E-state index contributed by atoms with van der Waals surface area (Å²) in [6, 6.07) is 0.0575. The molecule has 0 saturated carbocycles. The first-order valence-electron chi connectivity index (χ1n) is 6.19. The number of hydrogen-bond acceptors (Lipinski definition) is 5.